The molecule has 0 aromatic carbocycles. The molecule has 2 unspecified atom stereocenters. The highest BCUT2D eigenvalue weighted by atomic mass is 35.5. The zero-order valence-electron chi connectivity index (χ0n) is 7.12. The molecule has 72 valence electrons. The van der Waals surface area contributed by atoms with Crippen LogP contribution >= 0.6 is 11.6 Å². The predicted molar refractivity (Wildman–Crippen MR) is 44.3 cm³/mol. The summed E-state index contributed by atoms with van der Waals surface area (Å²) in [6.07, 6.45) is -0.763. The fraction of sp³-hybridized carbons (Fsp3) is 0.857. The second-order valence-electron chi connectivity index (χ2n) is 2.54. The van der Waals surface area contributed by atoms with Gasteiger partial charge in [0.2, 0.25) is 0 Å². The van der Waals surface area contributed by atoms with Crippen molar-refractivity contribution in [3.8, 4) is 0 Å². The van der Waals surface area contributed by atoms with Crippen LogP contribution in [0.5, 0.6) is 0 Å². The number of aliphatic hydroxyl groups excluding tert-OH is 1. The van der Waals surface area contributed by atoms with E-state index in [1.165, 1.54) is 0 Å². The van der Waals surface area contributed by atoms with Gasteiger partial charge in [-0.05, 0) is 13.8 Å². The van der Waals surface area contributed by atoms with Crippen molar-refractivity contribution in [1.29, 1.82) is 0 Å². The maximum absolute atomic E-state index is 10.1. The molecule has 0 spiro atoms. The van der Waals surface area contributed by atoms with E-state index in [2.05, 4.69) is 4.74 Å². The summed E-state index contributed by atoms with van der Waals surface area (Å²) >= 11 is 4.92. The molecule has 0 aromatic rings. The Kier molecular flexibility index (Phi) is 6.06. The van der Waals surface area contributed by atoms with E-state index in [-0.39, 0.29) is 19.3 Å². The molecule has 0 radical (unpaired) electrons. The minimum absolute atomic E-state index is 0.106. The molecule has 0 saturated carbocycles. The topological polar surface area (TPSA) is 55.8 Å². The zero-order valence-corrected chi connectivity index (χ0v) is 7.87. The Morgan fingerprint density at radius 2 is 2.08 bits per heavy atom. The summed E-state index contributed by atoms with van der Waals surface area (Å²) in [6, 6.07) is 0. The van der Waals surface area contributed by atoms with Crippen LogP contribution in [0, 0.1) is 0 Å². The van der Waals surface area contributed by atoms with Gasteiger partial charge in [-0.1, -0.05) is 0 Å². The van der Waals surface area contributed by atoms with Crippen molar-refractivity contribution in [1.82, 2.24) is 0 Å². The average Bonchev–Trinajstić information content (AvgIpc) is 1.96. The van der Waals surface area contributed by atoms with Gasteiger partial charge in [-0.15, -0.1) is 0 Å². The lowest BCUT2D eigenvalue weighted by atomic mass is 10.4. The van der Waals surface area contributed by atoms with Crippen molar-refractivity contribution in [2.75, 3.05) is 13.2 Å². The quantitative estimate of drug-likeness (QED) is 0.671. The molecule has 5 heteroatoms. The summed E-state index contributed by atoms with van der Waals surface area (Å²) in [7, 11) is 0. The second-order valence-corrected chi connectivity index (χ2v) is 2.85. The summed E-state index contributed by atoms with van der Waals surface area (Å²) in [5, 5.41) is 8.82. The molecule has 0 heterocycles. The Labute approximate surface area is 76.4 Å². The minimum atomic E-state index is -0.845. The SMILES string of the molecule is CC(O)COC(C)COC(=O)Cl. The molecule has 0 bridgehead atoms. The minimum Gasteiger partial charge on any atom is -0.451 e. The summed E-state index contributed by atoms with van der Waals surface area (Å²) in [5.74, 6) is 0. The Bertz CT molecular complexity index is 137. The maximum atomic E-state index is 10.1. The van der Waals surface area contributed by atoms with Gasteiger partial charge in [-0.2, -0.15) is 0 Å². The van der Waals surface area contributed by atoms with E-state index in [0.717, 1.165) is 0 Å². The number of aliphatic hydroxyl groups is 1. The van der Waals surface area contributed by atoms with Crippen LogP contribution in [0.3, 0.4) is 0 Å². The molecule has 0 amide bonds. The lowest BCUT2D eigenvalue weighted by Crippen LogP contribution is -2.21. The second kappa shape index (κ2) is 6.22. The van der Waals surface area contributed by atoms with E-state index in [4.69, 9.17) is 21.4 Å². The van der Waals surface area contributed by atoms with Crippen molar-refractivity contribution < 1.29 is 19.4 Å². The number of hydrogen-bond donors (Lipinski definition) is 1. The number of halogens is 1. The maximum Gasteiger partial charge on any atom is 0.403 e. The number of ether oxygens (including phenoxy) is 2. The Morgan fingerprint density at radius 3 is 2.50 bits per heavy atom. The standard InChI is InChI=1S/C7H13ClO4/c1-5(9)3-11-6(2)4-12-7(8)10/h5-6,9H,3-4H2,1-2H3. The first kappa shape index (κ1) is 11.7. The monoisotopic (exact) mass is 196 g/mol. The van der Waals surface area contributed by atoms with Crippen molar-refractivity contribution >= 4 is 17.0 Å². The van der Waals surface area contributed by atoms with Crippen LogP contribution < -0.4 is 0 Å². The molecule has 0 aromatic heterocycles. The molecule has 0 aliphatic carbocycles. The van der Waals surface area contributed by atoms with Crippen LogP contribution in [0.2, 0.25) is 0 Å². The Hall–Kier alpha value is -0.320. The molecule has 1 N–H and O–H groups in total. The van der Waals surface area contributed by atoms with Gasteiger partial charge in [0.1, 0.15) is 6.61 Å². The van der Waals surface area contributed by atoms with Crippen molar-refractivity contribution in [3.63, 3.8) is 0 Å². The fourth-order valence-electron chi connectivity index (χ4n) is 0.535. The van der Waals surface area contributed by atoms with Gasteiger partial charge in [0.05, 0.1) is 18.8 Å². The first-order valence-corrected chi connectivity index (χ1v) is 4.02. The van der Waals surface area contributed by atoms with Crippen LogP contribution in [0.25, 0.3) is 0 Å². The van der Waals surface area contributed by atoms with Gasteiger partial charge >= 0.3 is 5.43 Å². The highest BCUT2D eigenvalue weighted by molar-refractivity contribution is 6.61. The van der Waals surface area contributed by atoms with Crippen LogP contribution in [0.4, 0.5) is 4.79 Å². The number of rotatable bonds is 5. The van der Waals surface area contributed by atoms with E-state index >= 15 is 0 Å². The summed E-state index contributed by atoms with van der Waals surface area (Å²) in [5.41, 5.74) is -0.845. The van der Waals surface area contributed by atoms with Crippen LogP contribution in [0.15, 0.2) is 0 Å². The third-order valence-corrected chi connectivity index (χ3v) is 1.16. The molecule has 0 aliphatic heterocycles. The van der Waals surface area contributed by atoms with Gasteiger partial charge in [-0.25, -0.2) is 4.79 Å². The summed E-state index contributed by atoms with van der Waals surface area (Å²) < 4.78 is 9.52. The smallest absolute Gasteiger partial charge is 0.403 e. The van der Waals surface area contributed by atoms with Gasteiger partial charge in [0, 0.05) is 11.6 Å². The van der Waals surface area contributed by atoms with Crippen molar-refractivity contribution in [2.45, 2.75) is 26.1 Å². The number of carbonyl (C=O) groups is 1. The molecular weight excluding hydrogens is 184 g/mol. The third kappa shape index (κ3) is 7.78. The van der Waals surface area contributed by atoms with E-state index in [1.54, 1.807) is 13.8 Å². The molecular formula is C7H13ClO4. The number of carbonyl (C=O) groups excluding carboxylic acids is 1. The summed E-state index contributed by atoms with van der Waals surface area (Å²) in [6.45, 7) is 3.67. The fourth-order valence-corrected chi connectivity index (χ4v) is 0.598. The molecule has 12 heavy (non-hydrogen) atoms. The van der Waals surface area contributed by atoms with Gasteiger partial charge in [0.15, 0.2) is 0 Å². The van der Waals surface area contributed by atoms with E-state index < -0.39 is 11.5 Å². The molecule has 0 aliphatic rings. The van der Waals surface area contributed by atoms with Gasteiger partial charge < -0.3 is 14.6 Å². The Balaban J connectivity index is 3.33. The Morgan fingerprint density at radius 1 is 1.50 bits per heavy atom. The first-order chi connectivity index (χ1) is 5.52. The van der Waals surface area contributed by atoms with Crippen LogP contribution in [-0.2, 0) is 9.47 Å². The highest BCUT2D eigenvalue weighted by Crippen LogP contribution is 1.96. The van der Waals surface area contributed by atoms with Crippen LogP contribution in [-0.4, -0.2) is 36.0 Å². The molecule has 2 atom stereocenters. The molecule has 4 nitrogen and oxygen atoms in total. The van der Waals surface area contributed by atoms with Gasteiger partial charge in [0.25, 0.3) is 0 Å². The van der Waals surface area contributed by atoms with E-state index in [0.29, 0.717) is 0 Å². The molecule has 0 fully saturated rings. The van der Waals surface area contributed by atoms with Crippen molar-refractivity contribution in [2.24, 2.45) is 0 Å². The van der Waals surface area contributed by atoms with E-state index in [1.807, 2.05) is 0 Å². The van der Waals surface area contributed by atoms with Crippen LogP contribution in [0.1, 0.15) is 13.8 Å². The average molecular weight is 197 g/mol. The largest absolute Gasteiger partial charge is 0.451 e. The van der Waals surface area contributed by atoms with E-state index in [9.17, 15) is 4.79 Å². The highest BCUT2D eigenvalue weighted by Gasteiger charge is 2.06. The third-order valence-electron chi connectivity index (χ3n) is 1.05. The number of hydrogen-bond acceptors (Lipinski definition) is 4. The predicted octanol–water partition coefficient (Wildman–Crippen LogP) is 1.15. The normalized spacial score (nSPS) is 15.3. The van der Waals surface area contributed by atoms with Gasteiger partial charge in [-0.3, -0.25) is 0 Å². The lowest BCUT2D eigenvalue weighted by molar-refractivity contribution is -0.0188. The zero-order chi connectivity index (χ0) is 9.56. The van der Waals surface area contributed by atoms with Crippen molar-refractivity contribution in [3.05, 3.63) is 0 Å². The lowest BCUT2D eigenvalue weighted by Gasteiger charge is -2.13. The molecule has 0 rings (SSSR count). The summed E-state index contributed by atoms with van der Waals surface area (Å²) in [4.78, 5) is 10.1. The molecule has 0 saturated heterocycles. The first-order valence-electron chi connectivity index (χ1n) is 3.64.